The Bertz CT molecular complexity index is 1410. The molecule has 0 radical (unpaired) electrons. The number of rotatable bonds is 4. The van der Waals surface area contributed by atoms with Crippen molar-refractivity contribution in [2.24, 2.45) is 5.92 Å². The van der Waals surface area contributed by atoms with Crippen molar-refractivity contribution < 1.29 is 14.0 Å². The number of aromatic nitrogens is 3. The van der Waals surface area contributed by atoms with Crippen LogP contribution in [0.2, 0.25) is 0 Å². The van der Waals surface area contributed by atoms with E-state index in [-0.39, 0.29) is 11.5 Å². The fraction of sp³-hybridized carbons (Fsp3) is 0.261. The van der Waals surface area contributed by atoms with Crippen LogP contribution in [0.4, 0.5) is 4.39 Å². The van der Waals surface area contributed by atoms with Gasteiger partial charge < -0.3 is 10.3 Å². The number of hydrogen-bond donors (Lipinski definition) is 3. The third kappa shape index (κ3) is 2.92. The number of hydrogen-bond acceptors (Lipinski definition) is 5. The molecule has 0 spiro atoms. The molecule has 32 heavy (non-hydrogen) atoms. The molecule has 1 saturated heterocycles. The lowest BCUT2D eigenvalue weighted by Crippen LogP contribution is -2.39. The van der Waals surface area contributed by atoms with Gasteiger partial charge in [-0.05, 0) is 30.5 Å². The van der Waals surface area contributed by atoms with Gasteiger partial charge in [0.1, 0.15) is 11.9 Å². The largest absolute Gasteiger partial charge is 0.360 e. The lowest BCUT2D eigenvalue weighted by Gasteiger charge is -2.26. The number of thiophene rings is 1. The molecule has 6 rings (SSSR count). The van der Waals surface area contributed by atoms with Gasteiger partial charge in [0.05, 0.1) is 26.9 Å². The SMILES string of the molecule is O=C1NC(=O)C(c2c[nH]c3ccsc23)=C1c1nn(CC2CCNCC2F)c2ccccc12. The van der Waals surface area contributed by atoms with Gasteiger partial charge in [-0.1, -0.05) is 18.2 Å². The predicted molar refractivity (Wildman–Crippen MR) is 122 cm³/mol. The summed E-state index contributed by atoms with van der Waals surface area (Å²) >= 11 is 1.51. The molecule has 2 atom stereocenters. The molecule has 9 heteroatoms. The molecule has 5 heterocycles. The Labute approximate surface area is 186 Å². The predicted octanol–water partition coefficient (Wildman–Crippen LogP) is 3.09. The second-order valence-corrected chi connectivity index (χ2v) is 9.13. The molecule has 2 amide bonds. The van der Waals surface area contributed by atoms with E-state index >= 15 is 0 Å². The van der Waals surface area contributed by atoms with Gasteiger partial charge in [-0.2, -0.15) is 5.10 Å². The molecular formula is C23H20FN5O2S. The van der Waals surface area contributed by atoms with E-state index < -0.39 is 18.0 Å². The first kappa shape index (κ1) is 19.4. The number of nitrogens with zero attached hydrogens (tertiary/aromatic N) is 2. The van der Waals surface area contributed by atoms with Crippen LogP contribution in [0.25, 0.3) is 32.3 Å². The van der Waals surface area contributed by atoms with Crippen LogP contribution in [0, 0.1) is 5.92 Å². The van der Waals surface area contributed by atoms with E-state index in [9.17, 15) is 14.0 Å². The number of para-hydroxylation sites is 1. The van der Waals surface area contributed by atoms with Crippen LogP contribution in [-0.2, 0) is 16.1 Å². The number of alkyl halides is 1. The Balaban J connectivity index is 1.54. The lowest BCUT2D eigenvalue weighted by molar-refractivity contribution is -0.122. The van der Waals surface area contributed by atoms with Crippen molar-refractivity contribution in [3.8, 4) is 0 Å². The third-order valence-corrected chi connectivity index (χ3v) is 7.28. The number of fused-ring (bicyclic) bond motifs is 2. The van der Waals surface area contributed by atoms with Gasteiger partial charge in [0.2, 0.25) is 0 Å². The fourth-order valence-electron chi connectivity index (χ4n) is 4.72. The quantitative estimate of drug-likeness (QED) is 0.418. The summed E-state index contributed by atoms with van der Waals surface area (Å²) in [6.45, 7) is 1.53. The number of aromatic amines is 1. The Morgan fingerprint density at radius 2 is 2.00 bits per heavy atom. The normalized spacial score (nSPS) is 21.8. The Morgan fingerprint density at radius 3 is 2.88 bits per heavy atom. The second kappa shape index (κ2) is 7.39. The highest BCUT2D eigenvalue weighted by Crippen LogP contribution is 2.38. The first-order chi connectivity index (χ1) is 15.6. The zero-order chi connectivity index (χ0) is 21.8. The fourth-order valence-corrected chi connectivity index (χ4v) is 5.61. The van der Waals surface area contributed by atoms with Crippen LogP contribution in [0.3, 0.4) is 0 Å². The van der Waals surface area contributed by atoms with E-state index in [0.29, 0.717) is 29.9 Å². The summed E-state index contributed by atoms with van der Waals surface area (Å²) in [5.74, 6) is -1.05. The summed E-state index contributed by atoms with van der Waals surface area (Å²) in [6, 6.07) is 9.53. The van der Waals surface area contributed by atoms with Crippen LogP contribution < -0.4 is 10.6 Å². The molecule has 1 aromatic carbocycles. The van der Waals surface area contributed by atoms with E-state index in [0.717, 1.165) is 34.1 Å². The number of amides is 2. The van der Waals surface area contributed by atoms with Crippen molar-refractivity contribution in [3.63, 3.8) is 0 Å². The maximum absolute atomic E-state index is 14.5. The minimum absolute atomic E-state index is 0.157. The highest BCUT2D eigenvalue weighted by molar-refractivity contribution is 7.17. The number of nitrogens with one attached hydrogen (secondary N) is 3. The Kier molecular flexibility index (Phi) is 4.48. The molecule has 0 bridgehead atoms. The molecule has 1 fully saturated rings. The smallest absolute Gasteiger partial charge is 0.261 e. The van der Waals surface area contributed by atoms with E-state index in [2.05, 4.69) is 15.6 Å². The minimum atomic E-state index is -0.951. The maximum Gasteiger partial charge on any atom is 0.261 e. The molecule has 2 aliphatic rings. The van der Waals surface area contributed by atoms with Gasteiger partial charge in [0.15, 0.2) is 0 Å². The number of H-pyrrole nitrogens is 1. The first-order valence-electron chi connectivity index (χ1n) is 10.6. The zero-order valence-electron chi connectivity index (χ0n) is 17.0. The summed E-state index contributed by atoms with van der Waals surface area (Å²) in [5, 5.41) is 13.0. The molecule has 0 aliphatic carbocycles. The molecular weight excluding hydrogens is 429 g/mol. The topological polar surface area (TPSA) is 91.8 Å². The van der Waals surface area contributed by atoms with Crippen LogP contribution in [0.5, 0.6) is 0 Å². The minimum Gasteiger partial charge on any atom is -0.360 e. The number of carbonyl (C=O) groups excluding carboxylic acids is 2. The summed E-state index contributed by atoms with van der Waals surface area (Å²) < 4.78 is 17.2. The highest BCUT2D eigenvalue weighted by atomic mass is 32.1. The molecule has 4 aromatic rings. The van der Waals surface area contributed by atoms with E-state index in [1.54, 1.807) is 10.9 Å². The van der Waals surface area contributed by atoms with Crippen molar-refractivity contribution in [2.45, 2.75) is 19.1 Å². The average molecular weight is 450 g/mol. The van der Waals surface area contributed by atoms with Crippen molar-refractivity contribution in [1.29, 1.82) is 0 Å². The standard InChI is InChI=1S/C23H20FN5O2S/c24-15-10-25-7-5-12(15)11-29-17-4-2-1-3-13(17)20(28-29)19-18(22(30)27-23(19)31)14-9-26-16-6-8-32-21(14)16/h1-4,6,8-9,12,15,25-26H,5,7,10-11H2,(H,27,30,31). The van der Waals surface area contributed by atoms with Gasteiger partial charge in [0, 0.05) is 36.2 Å². The number of imide groups is 1. The molecule has 0 saturated carbocycles. The van der Waals surface area contributed by atoms with E-state index in [1.807, 2.05) is 35.7 Å². The van der Waals surface area contributed by atoms with Gasteiger partial charge in [-0.3, -0.25) is 19.6 Å². The van der Waals surface area contributed by atoms with Crippen molar-refractivity contribution in [1.82, 2.24) is 25.4 Å². The molecule has 2 unspecified atom stereocenters. The van der Waals surface area contributed by atoms with Crippen LogP contribution in [0.1, 0.15) is 17.7 Å². The Hall–Kier alpha value is -3.30. The van der Waals surface area contributed by atoms with Crippen LogP contribution in [-0.4, -0.2) is 45.8 Å². The highest BCUT2D eigenvalue weighted by Gasteiger charge is 2.36. The van der Waals surface area contributed by atoms with Crippen LogP contribution >= 0.6 is 11.3 Å². The van der Waals surface area contributed by atoms with Gasteiger partial charge in [-0.15, -0.1) is 11.3 Å². The van der Waals surface area contributed by atoms with E-state index in [1.165, 1.54) is 11.3 Å². The first-order valence-corrected chi connectivity index (χ1v) is 11.5. The summed E-state index contributed by atoms with van der Waals surface area (Å²) in [6.07, 6.45) is 1.53. The van der Waals surface area contributed by atoms with Crippen molar-refractivity contribution in [3.05, 3.63) is 53.2 Å². The van der Waals surface area contributed by atoms with Crippen molar-refractivity contribution >= 4 is 55.4 Å². The molecule has 7 nitrogen and oxygen atoms in total. The number of piperidine rings is 1. The van der Waals surface area contributed by atoms with Crippen LogP contribution in [0.15, 0.2) is 41.9 Å². The maximum atomic E-state index is 14.5. The monoisotopic (exact) mass is 449 g/mol. The summed E-state index contributed by atoms with van der Waals surface area (Å²) in [4.78, 5) is 29.0. The average Bonchev–Trinajstić information content (AvgIpc) is 3.53. The number of benzene rings is 1. The number of carbonyl (C=O) groups is 2. The lowest BCUT2D eigenvalue weighted by atomic mass is 9.96. The molecule has 3 N–H and O–H groups in total. The van der Waals surface area contributed by atoms with Gasteiger partial charge in [0.25, 0.3) is 11.8 Å². The molecule has 3 aromatic heterocycles. The van der Waals surface area contributed by atoms with Gasteiger partial charge in [-0.25, -0.2) is 4.39 Å². The summed E-state index contributed by atoms with van der Waals surface area (Å²) in [5.41, 5.74) is 3.47. The Morgan fingerprint density at radius 1 is 1.16 bits per heavy atom. The van der Waals surface area contributed by atoms with Gasteiger partial charge >= 0.3 is 0 Å². The molecule has 2 aliphatic heterocycles. The zero-order valence-corrected chi connectivity index (χ0v) is 17.8. The number of halogens is 1. The second-order valence-electron chi connectivity index (χ2n) is 8.22. The summed E-state index contributed by atoms with van der Waals surface area (Å²) in [7, 11) is 0. The van der Waals surface area contributed by atoms with E-state index in [4.69, 9.17) is 5.10 Å². The third-order valence-electron chi connectivity index (χ3n) is 6.33. The van der Waals surface area contributed by atoms with Crippen molar-refractivity contribution in [2.75, 3.05) is 13.1 Å². The molecule has 162 valence electrons.